The molecular weight excluding hydrogens is 468 g/mol. The molecular formula is C29H34N4O4. The van der Waals surface area contributed by atoms with E-state index in [1.807, 2.05) is 55.7 Å². The Labute approximate surface area is 218 Å². The van der Waals surface area contributed by atoms with E-state index in [-0.39, 0.29) is 25.2 Å². The second-order valence-corrected chi connectivity index (χ2v) is 9.65. The Hall–Kier alpha value is -3.62. The number of amides is 1. The van der Waals surface area contributed by atoms with Crippen molar-refractivity contribution in [1.82, 2.24) is 20.1 Å². The molecule has 0 radical (unpaired) electrons. The Bertz CT molecular complexity index is 1160. The normalized spacial score (nSPS) is 16.4. The largest absolute Gasteiger partial charge is 0.489 e. The van der Waals surface area contributed by atoms with E-state index in [9.17, 15) is 4.79 Å². The monoisotopic (exact) mass is 502 g/mol. The van der Waals surface area contributed by atoms with Gasteiger partial charge in [-0.15, -0.1) is 0 Å². The van der Waals surface area contributed by atoms with E-state index in [0.29, 0.717) is 12.3 Å². The molecule has 1 saturated heterocycles. The summed E-state index contributed by atoms with van der Waals surface area (Å²) in [6, 6.07) is 18.0. The third-order valence-corrected chi connectivity index (χ3v) is 6.65. The maximum atomic E-state index is 12.4. The highest BCUT2D eigenvalue weighted by Gasteiger charge is 2.18. The van der Waals surface area contributed by atoms with Gasteiger partial charge in [0.05, 0.1) is 13.0 Å². The summed E-state index contributed by atoms with van der Waals surface area (Å²) >= 11 is 0. The first kappa shape index (κ1) is 25.0. The summed E-state index contributed by atoms with van der Waals surface area (Å²) in [6.07, 6.45) is 3.92. The van der Waals surface area contributed by atoms with Crippen LogP contribution in [0.4, 0.5) is 0 Å². The smallest absolute Gasteiger partial charge is 0.231 e. The zero-order chi connectivity index (χ0) is 25.5. The van der Waals surface area contributed by atoms with Gasteiger partial charge in [0.25, 0.3) is 0 Å². The van der Waals surface area contributed by atoms with Gasteiger partial charge >= 0.3 is 0 Å². The Kier molecular flexibility index (Phi) is 8.18. The number of rotatable bonds is 10. The van der Waals surface area contributed by atoms with Crippen molar-refractivity contribution in [3.8, 4) is 17.2 Å². The molecule has 8 heteroatoms. The fourth-order valence-corrected chi connectivity index (χ4v) is 4.62. The van der Waals surface area contributed by atoms with Crippen LogP contribution in [0.5, 0.6) is 17.2 Å². The average molecular weight is 503 g/mol. The zero-order valence-electron chi connectivity index (χ0n) is 21.3. The van der Waals surface area contributed by atoms with E-state index < -0.39 is 0 Å². The molecule has 2 aliphatic heterocycles. The van der Waals surface area contributed by atoms with E-state index in [4.69, 9.17) is 14.2 Å². The Morgan fingerprint density at radius 1 is 0.946 bits per heavy atom. The van der Waals surface area contributed by atoms with Crippen molar-refractivity contribution in [2.75, 3.05) is 39.5 Å². The summed E-state index contributed by atoms with van der Waals surface area (Å²) in [6.45, 7) is 8.77. The fraction of sp³-hybridized carbons (Fsp3) is 0.379. The summed E-state index contributed by atoms with van der Waals surface area (Å²) < 4.78 is 16.7. The van der Waals surface area contributed by atoms with Crippen LogP contribution in [0.3, 0.4) is 0 Å². The van der Waals surface area contributed by atoms with Crippen molar-refractivity contribution in [2.45, 2.75) is 32.5 Å². The summed E-state index contributed by atoms with van der Waals surface area (Å²) in [7, 11) is 0. The first-order chi connectivity index (χ1) is 18.1. The van der Waals surface area contributed by atoms with Gasteiger partial charge in [0, 0.05) is 51.7 Å². The zero-order valence-corrected chi connectivity index (χ0v) is 21.3. The Balaban J connectivity index is 1.01. The number of aromatic nitrogens is 1. The van der Waals surface area contributed by atoms with Crippen molar-refractivity contribution in [3.05, 3.63) is 83.7 Å². The predicted molar refractivity (Wildman–Crippen MR) is 141 cm³/mol. The topological polar surface area (TPSA) is 76.2 Å². The number of nitrogens with zero attached hydrogens (tertiary/aromatic N) is 3. The SMILES string of the molecule is C[C@H](CNC(=O)Cc1ccc2c(c1)OCO2)Oc1ccc(CN2CCN(Cc3cccnc3)CC2)cc1. The van der Waals surface area contributed by atoms with Gasteiger partial charge in [0.15, 0.2) is 11.5 Å². The number of benzene rings is 2. The number of pyridine rings is 1. The van der Waals surface area contributed by atoms with Crippen molar-refractivity contribution in [2.24, 2.45) is 0 Å². The molecule has 3 heterocycles. The molecule has 1 amide bonds. The maximum Gasteiger partial charge on any atom is 0.231 e. The van der Waals surface area contributed by atoms with Gasteiger partial charge < -0.3 is 19.5 Å². The van der Waals surface area contributed by atoms with Crippen LogP contribution in [0, 0.1) is 0 Å². The minimum atomic E-state index is -0.139. The molecule has 1 N–H and O–H groups in total. The summed E-state index contributed by atoms with van der Waals surface area (Å²) in [5.41, 5.74) is 3.43. The number of nitrogens with one attached hydrogen (secondary N) is 1. The van der Waals surface area contributed by atoms with Gasteiger partial charge in [-0.1, -0.05) is 24.3 Å². The number of carbonyl (C=O) groups excluding carboxylic acids is 1. The third-order valence-electron chi connectivity index (χ3n) is 6.65. The average Bonchev–Trinajstić information content (AvgIpc) is 3.38. The lowest BCUT2D eigenvalue weighted by Crippen LogP contribution is -2.45. The van der Waals surface area contributed by atoms with Gasteiger partial charge in [0.2, 0.25) is 12.7 Å². The van der Waals surface area contributed by atoms with E-state index in [1.54, 1.807) is 0 Å². The minimum absolute atomic E-state index is 0.0507. The van der Waals surface area contributed by atoms with Crippen LogP contribution in [-0.4, -0.2) is 66.3 Å². The number of hydrogen-bond acceptors (Lipinski definition) is 7. The molecule has 3 aromatic rings. The molecule has 1 fully saturated rings. The van der Waals surface area contributed by atoms with Gasteiger partial charge in [-0.2, -0.15) is 0 Å². The number of ether oxygens (including phenoxy) is 3. The first-order valence-corrected chi connectivity index (χ1v) is 12.9. The molecule has 0 aliphatic carbocycles. The van der Waals surface area contributed by atoms with E-state index >= 15 is 0 Å². The maximum absolute atomic E-state index is 12.4. The van der Waals surface area contributed by atoms with E-state index in [1.165, 1.54) is 11.1 Å². The van der Waals surface area contributed by atoms with Crippen LogP contribution < -0.4 is 19.5 Å². The van der Waals surface area contributed by atoms with Crippen LogP contribution in [0.25, 0.3) is 0 Å². The molecule has 1 aromatic heterocycles. The van der Waals surface area contributed by atoms with Crippen molar-refractivity contribution < 1.29 is 19.0 Å². The lowest BCUT2D eigenvalue weighted by Gasteiger charge is -2.34. The number of hydrogen-bond donors (Lipinski definition) is 1. The number of carbonyl (C=O) groups is 1. The van der Waals surface area contributed by atoms with E-state index in [0.717, 1.165) is 56.3 Å². The van der Waals surface area contributed by atoms with Crippen molar-refractivity contribution in [3.63, 3.8) is 0 Å². The highest BCUT2D eigenvalue weighted by Crippen LogP contribution is 2.32. The molecule has 1 atom stereocenters. The predicted octanol–water partition coefficient (Wildman–Crippen LogP) is 3.25. The van der Waals surface area contributed by atoms with Gasteiger partial charge in [-0.3, -0.25) is 19.6 Å². The quantitative estimate of drug-likeness (QED) is 0.456. The fourth-order valence-electron chi connectivity index (χ4n) is 4.62. The standard InChI is InChI=1S/C29H34N4O4/c1-22(17-31-29(34)16-24-6-9-27-28(15-24)36-21-35-27)37-26-7-4-23(5-8-26)19-32-11-13-33(14-12-32)20-25-3-2-10-30-18-25/h2-10,15,18,22H,11-14,16-17,19-21H2,1H3,(H,31,34)/t22-/m1/s1. The lowest BCUT2D eigenvalue weighted by atomic mass is 10.1. The second-order valence-electron chi connectivity index (χ2n) is 9.65. The van der Waals surface area contributed by atoms with E-state index in [2.05, 4.69) is 38.3 Å². The number of fused-ring (bicyclic) bond motifs is 1. The summed E-state index contributed by atoms with van der Waals surface area (Å²) in [4.78, 5) is 21.6. The first-order valence-electron chi connectivity index (χ1n) is 12.9. The van der Waals surface area contributed by atoms with Gasteiger partial charge in [-0.25, -0.2) is 0 Å². The van der Waals surface area contributed by atoms with Crippen molar-refractivity contribution >= 4 is 5.91 Å². The van der Waals surface area contributed by atoms with Crippen LogP contribution in [0.1, 0.15) is 23.6 Å². The molecule has 0 bridgehead atoms. The van der Waals surface area contributed by atoms with Gasteiger partial charge in [-0.05, 0) is 53.9 Å². The lowest BCUT2D eigenvalue weighted by molar-refractivity contribution is -0.120. The highest BCUT2D eigenvalue weighted by atomic mass is 16.7. The molecule has 2 aromatic carbocycles. The highest BCUT2D eigenvalue weighted by molar-refractivity contribution is 5.78. The Morgan fingerprint density at radius 2 is 1.65 bits per heavy atom. The molecule has 8 nitrogen and oxygen atoms in total. The molecule has 5 rings (SSSR count). The third kappa shape index (κ3) is 7.21. The molecule has 2 aliphatic rings. The van der Waals surface area contributed by atoms with Crippen molar-refractivity contribution in [1.29, 1.82) is 0 Å². The minimum Gasteiger partial charge on any atom is -0.489 e. The molecule has 0 saturated carbocycles. The molecule has 0 unspecified atom stereocenters. The molecule has 0 spiro atoms. The second kappa shape index (κ2) is 12.1. The summed E-state index contributed by atoms with van der Waals surface area (Å²) in [5, 5.41) is 2.95. The van der Waals surface area contributed by atoms with Crippen LogP contribution in [0.15, 0.2) is 67.0 Å². The molecule has 37 heavy (non-hydrogen) atoms. The van der Waals surface area contributed by atoms with Crippen LogP contribution in [0.2, 0.25) is 0 Å². The van der Waals surface area contributed by atoms with Crippen LogP contribution in [-0.2, 0) is 24.3 Å². The number of piperazine rings is 1. The van der Waals surface area contributed by atoms with Crippen LogP contribution >= 0.6 is 0 Å². The molecule has 194 valence electrons. The Morgan fingerprint density at radius 3 is 2.38 bits per heavy atom. The summed E-state index contributed by atoms with van der Waals surface area (Å²) in [5.74, 6) is 2.16. The van der Waals surface area contributed by atoms with Gasteiger partial charge in [0.1, 0.15) is 11.9 Å².